The van der Waals surface area contributed by atoms with Gasteiger partial charge in [-0.2, -0.15) is 0 Å². The van der Waals surface area contributed by atoms with Crippen molar-refractivity contribution < 1.29 is 4.74 Å². The van der Waals surface area contributed by atoms with Crippen LogP contribution in [0.5, 0.6) is 5.75 Å². The Kier molecular flexibility index (Phi) is 7.91. The summed E-state index contributed by atoms with van der Waals surface area (Å²) in [6.07, 6.45) is 4.39. The Morgan fingerprint density at radius 3 is 2.44 bits per heavy atom. The third-order valence-electron chi connectivity index (χ3n) is 8.06. The number of nitrogens with one attached hydrogen (secondary N) is 1. The van der Waals surface area contributed by atoms with E-state index in [9.17, 15) is 4.79 Å². The van der Waals surface area contributed by atoms with Crippen molar-refractivity contribution in [3.05, 3.63) is 117 Å². The highest BCUT2D eigenvalue weighted by Gasteiger charge is 2.33. The topological polar surface area (TPSA) is 88.9 Å². The highest BCUT2D eigenvalue weighted by atomic mass is 16.5. The lowest BCUT2D eigenvalue weighted by molar-refractivity contribution is 0.190. The number of ether oxygens (including phenoxy) is 1. The van der Waals surface area contributed by atoms with Crippen LogP contribution in [0, 0.1) is 6.92 Å². The van der Waals surface area contributed by atoms with Gasteiger partial charge in [-0.15, -0.1) is 5.10 Å². The Morgan fingerprint density at radius 2 is 1.71 bits per heavy atom. The Morgan fingerprint density at radius 1 is 0.976 bits per heavy atom. The number of benzene rings is 3. The Bertz CT molecular complexity index is 1660. The molecule has 41 heavy (non-hydrogen) atoms. The number of rotatable bonds is 10. The van der Waals surface area contributed by atoms with Crippen molar-refractivity contribution in [1.82, 2.24) is 30.1 Å². The van der Waals surface area contributed by atoms with Crippen molar-refractivity contribution in [1.29, 1.82) is 0 Å². The molecule has 1 saturated carbocycles. The predicted octanol–water partition coefficient (Wildman–Crippen LogP) is 6.13. The van der Waals surface area contributed by atoms with E-state index in [0.29, 0.717) is 31.1 Å². The van der Waals surface area contributed by atoms with Gasteiger partial charge in [-0.1, -0.05) is 73.5 Å². The molecule has 0 bridgehead atoms. The number of pyridine rings is 1. The van der Waals surface area contributed by atoms with Gasteiger partial charge in [-0.05, 0) is 77.4 Å². The molecule has 0 aliphatic heterocycles. The maximum absolute atomic E-state index is 13.9. The number of aryl methyl sites for hydroxylation is 1. The van der Waals surface area contributed by atoms with Gasteiger partial charge in [0.25, 0.3) is 5.56 Å². The molecule has 1 atom stereocenters. The molecule has 5 aromatic rings. The van der Waals surface area contributed by atoms with E-state index < -0.39 is 6.04 Å². The van der Waals surface area contributed by atoms with Crippen molar-refractivity contribution in [2.24, 2.45) is 0 Å². The van der Waals surface area contributed by atoms with Gasteiger partial charge in [0.15, 0.2) is 5.82 Å². The molecule has 2 aromatic heterocycles. The van der Waals surface area contributed by atoms with Crippen molar-refractivity contribution in [2.45, 2.75) is 64.7 Å². The lowest BCUT2D eigenvalue weighted by atomic mass is 10.00. The zero-order valence-electron chi connectivity index (χ0n) is 23.7. The van der Waals surface area contributed by atoms with E-state index in [2.05, 4.69) is 49.7 Å². The van der Waals surface area contributed by atoms with Gasteiger partial charge in [0.2, 0.25) is 0 Å². The smallest absolute Gasteiger partial charge is 0.253 e. The van der Waals surface area contributed by atoms with Crippen LogP contribution in [0.1, 0.15) is 72.8 Å². The molecule has 0 saturated heterocycles. The first-order chi connectivity index (χ1) is 20.1. The first-order valence-electron chi connectivity index (χ1n) is 14.5. The maximum atomic E-state index is 13.9. The number of aromatic nitrogens is 5. The number of aromatic amines is 1. The summed E-state index contributed by atoms with van der Waals surface area (Å²) < 4.78 is 7.67. The Hall–Kier alpha value is -4.30. The predicted molar refractivity (Wildman–Crippen MR) is 160 cm³/mol. The highest BCUT2D eigenvalue weighted by Crippen LogP contribution is 2.35. The van der Waals surface area contributed by atoms with E-state index in [1.54, 1.807) is 0 Å². The van der Waals surface area contributed by atoms with Crippen LogP contribution in [0.25, 0.3) is 10.9 Å². The third-order valence-corrected chi connectivity index (χ3v) is 8.06. The Labute approximate surface area is 240 Å². The first-order valence-corrected chi connectivity index (χ1v) is 14.5. The summed E-state index contributed by atoms with van der Waals surface area (Å²) in [6.45, 7) is 5.83. The molecular weight excluding hydrogens is 512 g/mol. The summed E-state index contributed by atoms with van der Waals surface area (Å²) in [7, 11) is 0. The van der Waals surface area contributed by atoms with E-state index >= 15 is 0 Å². The minimum absolute atomic E-state index is 0.123. The largest absolute Gasteiger partial charge is 0.494 e. The van der Waals surface area contributed by atoms with Crippen LogP contribution in [0.2, 0.25) is 0 Å². The highest BCUT2D eigenvalue weighted by molar-refractivity contribution is 5.82. The molecule has 0 unspecified atom stereocenters. The average Bonchev–Trinajstić information content (AvgIpc) is 3.69. The SMILES string of the molecule is CCOc1ccc(CN(Cc2ccccc2)[C@@H](c2cc3cccc(C)c3[nH]c2=O)c2nnnn2C2CCCC2)cc1. The molecule has 1 aliphatic rings. The molecule has 1 aliphatic carbocycles. The van der Waals surface area contributed by atoms with E-state index in [0.717, 1.165) is 59.0 Å². The number of hydrogen-bond donors (Lipinski definition) is 1. The minimum Gasteiger partial charge on any atom is -0.494 e. The lowest BCUT2D eigenvalue weighted by Gasteiger charge is -2.32. The molecular formula is C33H36N6O2. The lowest BCUT2D eigenvalue weighted by Crippen LogP contribution is -2.35. The summed E-state index contributed by atoms with van der Waals surface area (Å²) in [4.78, 5) is 19.4. The number of fused-ring (bicyclic) bond motifs is 1. The van der Waals surface area contributed by atoms with Gasteiger partial charge < -0.3 is 9.72 Å². The fraction of sp³-hybridized carbons (Fsp3) is 0.333. The molecule has 2 heterocycles. The fourth-order valence-corrected chi connectivity index (χ4v) is 6.04. The molecule has 1 N–H and O–H groups in total. The van der Waals surface area contributed by atoms with E-state index in [4.69, 9.17) is 4.74 Å². The summed E-state index contributed by atoms with van der Waals surface area (Å²) in [5, 5.41) is 14.2. The monoisotopic (exact) mass is 548 g/mol. The summed E-state index contributed by atoms with van der Waals surface area (Å²) >= 11 is 0. The number of H-pyrrole nitrogens is 1. The van der Waals surface area contributed by atoms with Gasteiger partial charge in [0, 0.05) is 18.7 Å². The van der Waals surface area contributed by atoms with Gasteiger partial charge in [0.1, 0.15) is 11.8 Å². The second kappa shape index (κ2) is 12.1. The van der Waals surface area contributed by atoms with Gasteiger partial charge in [-0.25, -0.2) is 4.68 Å². The molecule has 8 heteroatoms. The quantitative estimate of drug-likeness (QED) is 0.226. The second-order valence-corrected chi connectivity index (χ2v) is 10.9. The molecule has 0 radical (unpaired) electrons. The summed E-state index contributed by atoms with van der Waals surface area (Å²) in [6, 6.07) is 26.4. The van der Waals surface area contributed by atoms with Crippen molar-refractivity contribution in [3.8, 4) is 5.75 Å². The average molecular weight is 549 g/mol. The van der Waals surface area contributed by atoms with Gasteiger partial charge >= 0.3 is 0 Å². The summed E-state index contributed by atoms with van der Waals surface area (Å²) in [5.74, 6) is 1.55. The number of tetrazole rings is 1. The minimum atomic E-state index is -0.467. The van der Waals surface area contributed by atoms with Crippen LogP contribution in [-0.2, 0) is 13.1 Å². The van der Waals surface area contributed by atoms with Crippen molar-refractivity contribution >= 4 is 10.9 Å². The molecule has 0 amide bonds. The summed E-state index contributed by atoms with van der Waals surface area (Å²) in [5.41, 5.74) is 4.67. The number of hydrogen-bond acceptors (Lipinski definition) is 6. The molecule has 1 fully saturated rings. The van der Waals surface area contributed by atoms with Crippen molar-refractivity contribution in [3.63, 3.8) is 0 Å². The van der Waals surface area contributed by atoms with E-state index in [1.807, 2.05) is 73.1 Å². The molecule has 6 rings (SSSR count). The maximum Gasteiger partial charge on any atom is 0.253 e. The van der Waals surface area contributed by atoms with Gasteiger partial charge in [-0.3, -0.25) is 9.69 Å². The number of para-hydroxylation sites is 1. The van der Waals surface area contributed by atoms with E-state index in [1.165, 1.54) is 0 Å². The van der Waals surface area contributed by atoms with Crippen LogP contribution in [0.4, 0.5) is 0 Å². The van der Waals surface area contributed by atoms with Gasteiger partial charge in [0.05, 0.1) is 18.2 Å². The zero-order valence-corrected chi connectivity index (χ0v) is 23.7. The van der Waals surface area contributed by atoms with Crippen molar-refractivity contribution in [2.75, 3.05) is 6.61 Å². The van der Waals surface area contributed by atoms with Crippen LogP contribution < -0.4 is 10.3 Å². The molecule has 8 nitrogen and oxygen atoms in total. The third kappa shape index (κ3) is 5.79. The zero-order chi connectivity index (χ0) is 28.2. The molecule has 210 valence electrons. The van der Waals surface area contributed by atoms with Crippen LogP contribution >= 0.6 is 0 Å². The normalized spacial score (nSPS) is 14.6. The first kappa shape index (κ1) is 26.9. The van der Waals surface area contributed by atoms with E-state index in [-0.39, 0.29) is 11.6 Å². The second-order valence-electron chi connectivity index (χ2n) is 10.9. The van der Waals surface area contributed by atoms with Crippen LogP contribution in [0.15, 0.2) is 83.7 Å². The molecule has 3 aromatic carbocycles. The standard InChI is InChI=1S/C33H36N6O2/c1-3-41-28-18-16-25(17-19-28)22-38(21-24-11-5-4-6-12-24)31(32-35-36-37-39(32)27-14-7-8-15-27)29-20-26-13-9-10-23(2)30(26)34-33(29)40/h4-6,9-13,16-20,27,31H,3,7-8,14-15,21-22H2,1-2H3,(H,34,40)/t31-/m0/s1. The van der Waals surface area contributed by atoms with Crippen LogP contribution in [0.3, 0.4) is 0 Å². The fourth-order valence-electron chi connectivity index (χ4n) is 6.04. The number of nitrogens with zero attached hydrogens (tertiary/aromatic N) is 5. The molecule has 0 spiro atoms. The van der Waals surface area contributed by atoms with Crippen LogP contribution in [-0.4, -0.2) is 36.7 Å². The Balaban J connectivity index is 1.51.